The zero-order valence-electron chi connectivity index (χ0n) is 18.5. The predicted molar refractivity (Wildman–Crippen MR) is 116 cm³/mol. The Bertz CT molecular complexity index is 669. The van der Waals surface area contributed by atoms with Crippen LogP contribution in [0, 0.1) is 0 Å². The van der Waals surface area contributed by atoms with Crippen molar-refractivity contribution in [3.05, 3.63) is 34.3 Å². The minimum Gasteiger partial charge on any atom is -0.444 e. The first-order valence-corrected chi connectivity index (χ1v) is 11.3. The Balaban J connectivity index is 3.05. The Morgan fingerprint density at radius 1 is 1.14 bits per heavy atom. The highest BCUT2D eigenvalue weighted by molar-refractivity contribution is 6.32. The van der Waals surface area contributed by atoms with Gasteiger partial charge in [-0.1, -0.05) is 38.4 Å². The molecule has 0 aromatic heterocycles. The summed E-state index contributed by atoms with van der Waals surface area (Å²) in [6, 6.07) is 5.59. The molecule has 7 heteroatoms. The quantitative estimate of drug-likeness (QED) is 0.527. The SMILES string of the molecule is CC(C)(C)OC(=O)N(CCF)Cc1ccc(Cl)c(C(C)(C)O[SiH2]C(C)(C)C)c1. The molecule has 0 fully saturated rings. The standard InChI is InChI=1S/C21H35ClFNO3Si/c1-19(2,3)26-18(25)24(12-11-23)14-15-9-10-17(22)16(13-15)21(7,8)27-28-20(4,5)6/h9-10,13H,11-12,14,28H2,1-8H3. The van der Waals surface area contributed by atoms with Crippen molar-refractivity contribution in [2.45, 2.75) is 78.2 Å². The Morgan fingerprint density at radius 3 is 2.25 bits per heavy atom. The summed E-state index contributed by atoms with van der Waals surface area (Å²) in [6.07, 6.45) is -0.530. The Morgan fingerprint density at radius 2 is 1.75 bits per heavy atom. The molecular weight excluding hydrogens is 397 g/mol. The fourth-order valence-electron chi connectivity index (χ4n) is 2.49. The molecule has 0 heterocycles. The predicted octanol–water partition coefficient (Wildman–Crippen LogP) is 5.60. The van der Waals surface area contributed by atoms with Crippen molar-refractivity contribution >= 4 is 27.5 Å². The van der Waals surface area contributed by atoms with Crippen molar-refractivity contribution in [2.75, 3.05) is 13.2 Å². The zero-order valence-corrected chi connectivity index (χ0v) is 20.7. The molecule has 1 amide bonds. The lowest BCUT2D eigenvalue weighted by molar-refractivity contribution is 0.0222. The molecule has 1 rings (SSSR count). The van der Waals surface area contributed by atoms with E-state index in [0.717, 1.165) is 11.1 Å². The van der Waals surface area contributed by atoms with Gasteiger partial charge in [0, 0.05) is 17.1 Å². The van der Waals surface area contributed by atoms with Gasteiger partial charge in [-0.2, -0.15) is 0 Å². The third-order valence-corrected chi connectivity index (χ3v) is 5.99. The molecule has 0 aliphatic heterocycles. The molecule has 0 aliphatic rings. The van der Waals surface area contributed by atoms with Crippen LogP contribution in [0.15, 0.2) is 18.2 Å². The van der Waals surface area contributed by atoms with Crippen LogP contribution in [-0.2, 0) is 21.3 Å². The van der Waals surface area contributed by atoms with Gasteiger partial charge in [-0.05, 0) is 57.4 Å². The van der Waals surface area contributed by atoms with Crippen LogP contribution in [-0.4, -0.2) is 39.6 Å². The van der Waals surface area contributed by atoms with Gasteiger partial charge in [-0.3, -0.25) is 0 Å². The first-order chi connectivity index (χ1) is 12.6. The van der Waals surface area contributed by atoms with Crippen LogP contribution >= 0.6 is 11.6 Å². The summed E-state index contributed by atoms with van der Waals surface area (Å²) >= 11 is 6.45. The van der Waals surface area contributed by atoms with Crippen molar-refractivity contribution < 1.29 is 18.3 Å². The number of ether oxygens (including phenoxy) is 1. The van der Waals surface area contributed by atoms with E-state index in [0.29, 0.717) is 5.02 Å². The number of carbonyl (C=O) groups is 1. The topological polar surface area (TPSA) is 38.8 Å². The van der Waals surface area contributed by atoms with Gasteiger partial charge in [0.25, 0.3) is 0 Å². The van der Waals surface area contributed by atoms with E-state index in [-0.39, 0.29) is 18.1 Å². The fourth-order valence-corrected chi connectivity index (χ4v) is 3.79. The summed E-state index contributed by atoms with van der Waals surface area (Å²) in [7, 11) is -0.782. The van der Waals surface area contributed by atoms with Crippen LogP contribution in [0.1, 0.15) is 66.5 Å². The van der Waals surface area contributed by atoms with Crippen LogP contribution in [0.25, 0.3) is 0 Å². The maximum absolute atomic E-state index is 13.0. The molecule has 0 bridgehead atoms. The van der Waals surface area contributed by atoms with E-state index in [1.54, 1.807) is 26.8 Å². The number of halogens is 2. The molecule has 0 spiro atoms. The van der Waals surface area contributed by atoms with Crippen molar-refractivity contribution in [1.82, 2.24) is 4.90 Å². The van der Waals surface area contributed by atoms with Gasteiger partial charge in [-0.25, -0.2) is 9.18 Å². The van der Waals surface area contributed by atoms with Crippen molar-refractivity contribution in [1.29, 1.82) is 0 Å². The van der Waals surface area contributed by atoms with E-state index < -0.39 is 33.7 Å². The Labute approximate surface area is 176 Å². The van der Waals surface area contributed by atoms with E-state index in [1.165, 1.54) is 4.90 Å². The lowest BCUT2D eigenvalue weighted by Gasteiger charge is -2.32. The second kappa shape index (κ2) is 9.59. The summed E-state index contributed by atoms with van der Waals surface area (Å²) in [4.78, 5) is 13.8. The first-order valence-electron chi connectivity index (χ1n) is 9.61. The number of alkyl halides is 1. The summed E-state index contributed by atoms with van der Waals surface area (Å²) < 4.78 is 24.7. The van der Waals surface area contributed by atoms with Gasteiger partial charge in [-0.15, -0.1) is 0 Å². The maximum atomic E-state index is 13.0. The minimum atomic E-state index is -0.782. The molecule has 4 nitrogen and oxygen atoms in total. The van der Waals surface area contributed by atoms with Crippen LogP contribution in [0.5, 0.6) is 0 Å². The average Bonchev–Trinajstić information content (AvgIpc) is 2.52. The number of carbonyl (C=O) groups excluding carboxylic acids is 1. The molecule has 0 saturated heterocycles. The lowest BCUT2D eigenvalue weighted by Crippen LogP contribution is -2.37. The number of nitrogens with zero attached hydrogens (tertiary/aromatic N) is 1. The van der Waals surface area contributed by atoms with Crippen LogP contribution in [0.4, 0.5) is 9.18 Å². The molecule has 160 valence electrons. The molecule has 0 unspecified atom stereocenters. The van der Waals surface area contributed by atoms with Gasteiger partial charge in [0.1, 0.15) is 12.3 Å². The normalized spacial score (nSPS) is 13.2. The Hall–Kier alpha value is -1.11. The summed E-state index contributed by atoms with van der Waals surface area (Å²) in [5, 5.41) is 0.779. The second-order valence-corrected chi connectivity index (χ2v) is 12.9. The smallest absolute Gasteiger partial charge is 0.410 e. The molecule has 1 aromatic carbocycles. The number of benzene rings is 1. The maximum Gasteiger partial charge on any atom is 0.410 e. The highest BCUT2D eigenvalue weighted by atomic mass is 35.5. The minimum absolute atomic E-state index is 0.0241. The highest BCUT2D eigenvalue weighted by Gasteiger charge is 2.28. The molecule has 28 heavy (non-hydrogen) atoms. The number of hydrogen-bond donors (Lipinski definition) is 0. The summed E-state index contributed by atoms with van der Waals surface area (Å²) in [5.74, 6) is 0. The molecule has 0 aliphatic carbocycles. The highest BCUT2D eigenvalue weighted by Crippen LogP contribution is 2.34. The van der Waals surface area contributed by atoms with Gasteiger partial charge in [0.15, 0.2) is 9.76 Å². The zero-order chi connectivity index (χ0) is 21.8. The number of rotatable bonds is 7. The van der Waals surface area contributed by atoms with Gasteiger partial charge >= 0.3 is 6.09 Å². The van der Waals surface area contributed by atoms with Gasteiger partial charge in [0.05, 0.1) is 12.1 Å². The molecule has 0 N–H and O–H groups in total. The fraction of sp³-hybridized carbons (Fsp3) is 0.667. The third kappa shape index (κ3) is 8.49. The number of hydrogen-bond acceptors (Lipinski definition) is 3. The second-order valence-electron chi connectivity index (χ2n) is 9.76. The van der Waals surface area contributed by atoms with Crippen molar-refractivity contribution in [3.8, 4) is 0 Å². The van der Waals surface area contributed by atoms with Crippen molar-refractivity contribution in [3.63, 3.8) is 0 Å². The molecule has 0 atom stereocenters. The summed E-state index contributed by atoms with van der Waals surface area (Å²) in [5.41, 5.74) is 0.550. The van der Waals surface area contributed by atoms with Gasteiger partial charge in [0.2, 0.25) is 0 Å². The summed E-state index contributed by atoms with van der Waals surface area (Å²) in [6.45, 7) is 15.5. The van der Waals surface area contributed by atoms with Gasteiger partial charge < -0.3 is 14.1 Å². The van der Waals surface area contributed by atoms with Crippen molar-refractivity contribution in [2.24, 2.45) is 0 Å². The van der Waals surface area contributed by atoms with Crippen LogP contribution < -0.4 is 0 Å². The average molecular weight is 432 g/mol. The molecule has 0 radical (unpaired) electrons. The molecule has 1 aromatic rings. The third-order valence-electron chi connectivity index (χ3n) is 3.92. The van der Waals surface area contributed by atoms with E-state index >= 15 is 0 Å². The number of amides is 1. The van der Waals surface area contributed by atoms with E-state index in [9.17, 15) is 9.18 Å². The molecule has 0 saturated carbocycles. The molecular formula is C21H35ClFNO3Si. The van der Waals surface area contributed by atoms with Crippen LogP contribution in [0.3, 0.4) is 0 Å². The Kier molecular flexibility index (Phi) is 8.54. The monoisotopic (exact) mass is 431 g/mol. The van der Waals surface area contributed by atoms with E-state index in [1.807, 2.05) is 26.0 Å². The van der Waals surface area contributed by atoms with E-state index in [4.69, 9.17) is 20.8 Å². The van der Waals surface area contributed by atoms with E-state index in [2.05, 4.69) is 20.8 Å². The largest absolute Gasteiger partial charge is 0.444 e. The lowest BCUT2D eigenvalue weighted by atomic mass is 9.96. The van der Waals surface area contributed by atoms with Crippen LogP contribution in [0.2, 0.25) is 10.1 Å². The first kappa shape index (κ1) is 24.9.